The van der Waals surface area contributed by atoms with Crippen LogP contribution in [0.15, 0.2) is 15.9 Å². The highest BCUT2D eigenvalue weighted by atomic mass is 79.9. The topological polar surface area (TPSA) is 24.9 Å². The number of alkyl halides is 3. The molecule has 0 spiro atoms. The second-order valence-corrected chi connectivity index (χ2v) is 8.09. The molecule has 108 valence electrons. The lowest BCUT2D eigenvalue weighted by atomic mass is 10.3. The van der Waals surface area contributed by atoms with Crippen LogP contribution in [0.25, 0.3) is 9.88 Å². The van der Waals surface area contributed by atoms with Gasteiger partial charge < -0.3 is 5.32 Å². The van der Waals surface area contributed by atoms with Gasteiger partial charge in [0.1, 0.15) is 5.01 Å². The first-order valence-electron chi connectivity index (χ1n) is 5.99. The van der Waals surface area contributed by atoms with E-state index in [4.69, 9.17) is 0 Å². The summed E-state index contributed by atoms with van der Waals surface area (Å²) in [6.07, 6.45) is -2.31. The van der Waals surface area contributed by atoms with E-state index in [0.717, 1.165) is 32.8 Å². The van der Waals surface area contributed by atoms with E-state index in [9.17, 15) is 13.2 Å². The summed E-state index contributed by atoms with van der Waals surface area (Å²) in [5, 5.41) is 3.55. The first kappa shape index (κ1) is 14.5. The van der Waals surface area contributed by atoms with E-state index in [2.05, 4.69) is 26.2 Å². The molecule has 0 atom stereocenters. The SMILES string of the molecule is FC(F)(F)c1nc(-c2ccc(Br)s2)sc1CNC1CC1. The van der Waals surface area contributed by atoms with Gasteiger partial charge in [-0.3, -0.25) is 0 Å². The van der Waals surface area contributed by atoms with E-state index in [1.807, 2.05) is 6.07 Å². The van der Waals surface area contributed by atoms with Crippen LogP contribution < -0.4 is 5.32 Å². The van der Waals surface area contributed by atoms with Gasteiger partial charge in [-0.25, -0.2) is 4.98 Å². The molecule has 0 unspecified atom stereocenters. The summed E-state index contributed by atoms with van der Waals surface area (Å²) in [6, 6.07) is 3.97. The van der Waals surface area contributed by atoms with Crippen molar-refractivity contribution in [3.8, 4) is 9.88 Å². The number of aromatic nitrogens is 1. The minimum atomic E-state index is -4.40. The van der Waals surface area contributed by atoms with Crippen molar-refractivity contribution in [3.63, 3.8) is 0 Å². The van der Waals surface area contributed by atoms with Crippen LogP contribution >= 0.6 is 38.6 Å². The molecule has 2 aromatic rings. The van der Waals surface area contributed by atoms with E-state index in [1.54, 1.807) is 6.07 Å². The fraction of sp³-hybridized carbons (Fsp3) is 0.417. The maximum Gasteiger partial charge on any atom is 0.434 e. The van der Waals surface area contributed by atoms with Crippen LogP contribution in [0.4, 0.5) is 13.2 Å². The Morgan fingerprint density at radius 3 is 2.60 bits per heavy atom. The summed E-state index contributed by atoms with van der Waals surface area (Å²) < 4.78 is 40.0. The van der Waals surface area contributed by atoms with Gasteiger partial charge in [0.05, 0.1) is 13.5 Å². The van der Waals surface area contributed by atoms with E-state index in [0.29, 0.717) is 11.0 Å². The Balaban J connectivity index is 1.91. The first-order valence-corrected chi connectivity index (χ1v) is 8.42. The van der Waals surface area contributed by atoms with Gasteiger partial charge in [-0.2, -0.15) is 13.2 Å². The first-order chi connectivity index (χ1) is 9.43. The molecule has 1 N–H and O–H groups in total. The zero-order valence-corrected chi connectivity index (χ0v) is 13.3. The summed E-state index contributed by atoms with van der Waals surface area (Å²) in [5.74, 6) is 0. The lowest BCUT2D eigenvalue weighted by Gasteiger charge is -2.06. The molecule has 1 aliphatic rings. The third-order valence-electron chi connectivity index (χ3n) is 2.88. The molecule has 2 nitrogen and oxygen atoms in total. The Kier molecular flexibility index (Phi) is 3.91. The predicted molar refractivity (Wildman–Crippen MR) is 78.0 cm³/mol. The van der Waals surface area contributed by atoms with Crippen molar-refractivity contribution in [2.45, 2.75) is 31.6 Å². The third-order valence-corrected chi connectivity index (χ3v) is 5.73. The normalized spacial score (nSPS) is 15.8. The molecule has 2 heterocycles. The van der Waals surface area contributed by atoms with Crippen molar-refractivity contribution in [1.82, 2.24) is 10.3 Å². The molecule has 2 aromatic heterocycles. The van der Waals surface area contributed by atoms with Crippen LogP contribution in [0.5, 0.6) is 0 Å². The van der Waals surface area contributed by atoms with E-state index in [1.165, 1.54) is 11.3 Å². The molecular weight excluding hydrogens is 373 g/mol. The van der Waals surface area contributed by atoms with Gasteiger partial charge in [0.2, 0.25) is 0 Å². The molecule has 0 radical (unpaired) electrons. The average molecular weight is 383 g/mol. The minimum Gasteiger partial charge on any atom is -0.309 e. The summed E-state index contributed by atoms with van der Waals surface area (Å²) in [5.41, 5.74) is -0.754. The maximum atomic E-state index is 13.0. The highest BCUT2D eigenvalue weighted by molar-refractivity contribution is 9.11. The van der Waals surface area contributed by atoms with Crippen molar-refractivity contribution in [3.05, 3.63) is 26.5 Å². The van der Waals surface area contributed by atoms with Gasteiger partial charge in [-0.05, 0) is 40.9 Å². The fourth-order valence-electron chi connectivity index (χ4n) is 1.75. The second kappa shape index (κ2) is 5.40. The van der Waals surface area contributed by atoms with Crippen LogP contribution in [0.2, 0.25) is 0 Å². The number of halogens is 4. The molecule has 20 heavy (non-hydrogen) atoms. The molecule has 0 aromatic carbocycles. The largest absolute Gasteiger partial charge is 0.434 e. The molecule has 1 saturated carbocycles. The molecule has 0 bridgehead atoms. The van der Waals surface area contributed by atoms with Crippen LogP contribution in [0.3, 0.4) is 0 Å². The summed E-state index contributed by atoms with van der Waals surface area (Å²) >= 11 is 5.82. The number of hydrogen-bond donors (Lipinski definition) is 1. The zero-order chi connectivity index (χ0) is 14.3. The number of thiophene rings is 1. The lowest BCUT2D eigenvalue weighted by molar-refractivity contribution is -0.141. The summed E-state index contributed by atoms with van der Waals surface area (Å²) in [7, 11) is 0. The van der Waals surface area contributed by atoms with Crippen molar-refractivity contribution in [2.75, 3.05) is 0 Å². The maximum absolute atomic E-state index is 13.0. The Hall–Kier alpha value is -0.440. The molecule has 0 amide bonds. The fourth-order valence-corrected chi connectivity index (χ4v) is 4.23. The standard InChI is InChI=1S/C12H10BrF3N2S2/c13-9-4-3-7(19-9)11-18-10(12(14,15)16)8(20-11)5-17-6-1-2-6/h3-4,6,17H,1-2,5H2. The predicted octanol–water partition coefficient (Wildman–Crippen LogP) is 4.90. The molecular formula is C12H10BrF3N2S2. The van der Waals surface area contributed by atoms with Gasteiger partial charge in [-0.1, -0.05) is 0 Å². The van der Waals surface area contributed by atoms with Crippen molar-refractivity contribution in [2.24, 2.45) is 0 Å². The van der Waals surface area contributed by atoms with Gasteiger partial charge in [0, 0.05) is 12.6 Å². The smallest absolute Gasteiger partial charge is 0.309 e. The summed E-state index contributed by atoms with van der Waals surface area (Å²) in [4.78, 5) is 4.83. The number of thiazole rings is 1. The zero-order valence-electron chi connectivity index (χ0n) is 10.1. The number of hydrogen-bond acceptors (Lipinski definition) is 4. The highest BCUT2D eigenvalue weighted by Crippen LogP contribution is 2.40. The highest BCUT2D eigenvalue weighted by Gasteiger charge is 2.38. The molecule has 0 aliphatic heterocycles. The quantitative estimate of drug-likeness (QED) is 0.812. The van der Waals surface area contributed by atoms with Crippen molar-refractivity contribution >= 4 is 38.6 Å². The summed E-state index contributed by atoms with van der Waals surface area (Å²) in [6.45, 7) is 0.240. The number of nitrogens with one attached hydrogen (secondary N) is 1. The second-order valence-electron chi connectivity index (χ2n) is 4.55. The monoisotopic (exact) mass is 382 g/mol. The van der Waals surface area contributed by atoms with Crippen molar-refractivity contribution in [1.29, 1.82) is 0 Å². The van der Waals surface area contributed by atoms with Crippen LogP contribution in [-0.4, -0.2) is 11.0 Å². The van der Waals surface area contributed by atoms with Gasteiger partial charge in [0.25, 0.3) is 0 Å². The third kappa shape index (κ3) is 3.24. The van der Waals surface area contributed by atoms with Crippen LogP contribution in [0.1, 0.15) is 23.4 Å². The average Bonchev–Trinajstić information content (AvgIpc) is 2.91. The Bertz CT molecular complexity index is 616. The Morgan fingerprint density at radius 1 is 1.30 bits per heavy atom. The van der Waals surface area contributed by atoms with Gasteiger partial charge >= 0.3 is 6.18 Å². The van der Waals surface area contributed by atoms with Crippen molar-refractivity contribution < 1.29 is 13.2 Å². The number of rotatable bonds is 4. The minimum absolute atomic E-state index is 0.240. The Morgan fingerprint density at radius 2 is 2.05 bits per heavy atom. The van der Waals surface area contributed by atoms with Gasteiger partial charge in [-0.15, -0.1) is 22.7 Å². The molecule has 1 fully saturated rings. The molecule has 0 saturated heterocycles. The van der Waals surface area contributed by atoms with E-state index >= 15 is 0 Å². The van der Waals surface area contributed by atoms with Crippen LogP contribution in [-0.2, 0) is 12.7 Å². The van der Waals surface area contributed by atoms with E-state index in [-0.39, 0.29) is 11.4 Å². The molecule has 8 heteroatoms. The van der Waals surface area contributed by atoms with E-state index < -0.39 is 11.9 Å². The number of nitrogens with zero attached hydrogens (tertiary/aromatic N) is 1. The lowest BCUT2D eigenvalue weighted by Crippen LogP contribution is -2.18. The van der Waals surface area contributed by atoms with Crippen LogP contribution in [0, 0.1) is 0 Å². The Labute approximate surface area is 130 Å². The molecule has 3 rings (SSSR count). The van der Waals surface area contributed by atoms with Gasteiger partial charge in [0.15, 0.2) is 5.69 Å². The molecule has 1 aliphatic carbocycles.